The molecule has 32 heavy (non-hydrogen) atoms. The molecule has 2 heterocycles. The maximum absolute atomic E-state index is 15.4. The number of hydrazine groups is 1. The fraction of sp³-hybridized carbons (Fsp3) is 0.400. The highest BCUT2D eigenvalue weighted by molar-refractivity contribution is 6.01. The molecule has 2 amide bonds. The number of urea groups is 1. The van der Waals surface area contributed by atoms with Gasteiger partial charge >= 0.3 is 6.03 Å². The van der Waals surface area contributed by atoms with E-state index in [-0.39, 0.29) is 24.4 Å². The number of hydrogen-bond donors (Lipinski definition) is 2. The molecule has 0 saturated carbocycles. The van der Waals surface area contributed by atoms with Gasteiger partial charge in [-0.3, -0.25) is 0 Å². The van der Waals surface area contributed by atoms with Crippen molar-refractivity contribution in [3.63, 3.8) is 0 Å². The van der Waals surface area contributed by atoms with Gasteiger partial charge in [0.05, 0.1) is 6.61 Å². The monoisotopic (exact) mass is 438 g/mol. The summed E-state index contributed by atoms with van der Waals surface area (Å²) in [5, 5.41) is 10.8. The van der Waals surface area contributed by atoms with Gasteiger partial charge in [0, 0.05) is 30.4 Å². The minimum atomic E-state index is -0.571. The van der Waals surface area contributed by atoms with Crippen molar-refractivity contribution in [2.24, 2.45) is 0 Å². The SMILES string of the molecule is CCN1C(=O)N(c2cc3c(cc2F)C(C)=C(c2ccccc2C)CN3C(C)C)NC1CO. The summed E-state index contributed by atoms with van der Waals surface area (Å²) in [6, 6.07) is 11.4. The lowest BCUT2D eigenvalue weighted by molar-refractivity contribution is 0.156. The van der Waals surface area contributed by atoms with Crippen LogP contribution in [0.1, 0.15) is 44.4 Å². The maximum Gasteiger partial charge on any atom is 0.340 e. The highest BCUT2D eigenvalue weighted by Crippen LogP contribution is 2.43. The Hall–Kier alpha value is -2.90. The van der Waals surface area contributed by atoms with Gasteiger partial charge in [-0.2, -0.15) is 0 Å². The molecule has 1 saturated heterocycles. The number of fused-ring (bicyclic) bond motifs is 1. The number of carbonyl (C=O) groups excluding carboxylic acids is 1. The highest BCUT2D eigenvalue weighted by Gasteiger charge is 2.38. The molecule has 0 bridgehead atoms. The van der Waals surface area contributed by atoms with E-state index in [1.165, 1.54) is 32.7 Å². The van der Waals surface area contributed by atoms with Crippen molar-refractivity contribution in [3.8, 4) is 0 Å². The Kier molecular flexibility index (Phi) is 5.97. The van der Waals surface area contributed by atoms with Crippen molar-refractivity contribution in [2.45, 2.75) is 46.8 Å². The Morgan fingerprint density at radius 1 is 1.16 bits per heavy atom. The number of allylic oxidation sites excluding steroid dienone is 1. The summed E-state index contributed by atoms with van der Waals surface area (Å²) in [6.45, 7) is 11.1. The number of hydrogen-bond acceptors (Lipinski definition) is 4. The minimum absolute atomic E-state index is 0.168. The summed E-state index contributed by atoms with van der Waals surface area (Å²) >= 11 is 0. The van der Waals surface area contributed by atoms with E-state index >= 15 is 4.39 Å². The van der Waals surface area contributed by atoms with E-state index in [1.807, 2.05) is 26.0 Å². The number of aliphatic hydroxyl groups excluding tert-OH is 1. The van der Waals surface area contributed by atoms with Crippen LogP contribution in [0.25, 0.3) is 11.1 Å². The second kappa shape index (κ2) is 8.56. The summed E-state index contributed by atoms with van der Waals surface area (Å²) in [5.41, 5.74) is 9.43. The summed E-state index contributed by atoms with van der Waals surface area (Å²) < 4.78 is 15.4. The lowest BCUT2D eigenvalue weighted by Gasteiger charge is -2.38. The lowest BCUT2D eigenvalue weighted by atomic mass is 9.87. The van der Waals surface area contributed by atoms with E-state index in [0.29, 0.717) is 13.1 Å². The molecule has 0 radical (unpaired) electrons. The molecule has 0 spiro atoms. The number of likely N-dealkylation sites (N-methyl/N-ethyl adjacent to an activating group) is 1. The third kappa shape index (κ3) is 3.55. The van der Waals surface area contributed by atoms with E-state index in [2.05, 4.69) is 43.2 Å². The average molecular weight is 439 g/mol. The fourth-order valence-corrected chi connectivity index (χ4v) is 4.66. The maximum atomic E-state index is 15.4. The van der Waals surface area contributed by atoms with Crippen LogP contribution in [0.2, 0.25) is 0 Å². The molecule has 2 aliphatic heterocycles. The largest absolute Gasteiger partial charge is 0.393 e. The first-order valence-corrected chi connectivity index (χ1v) is 11.1. The standard InChI is InChI=1S/C25H31FN4O2/c1-6-28-24(14-31)27-30(25(28)32)23-12-22-19(11-21(23)26)17(5)20(13-29(22)15(2)3)18-10-8-7-9-16(18)4/h7-12,15,24,27,31H,6,13-14H2,1-5H3. The summed E-state index contributed by atoms with van der Waals surface area (Å²) in [7, 11) is 0. The number of carbonyl (C=O) groups is 1. The van der Waals surface area contributed by atoms with Crippen LogP contribution in [0.5, 0.6) is 0 Å². The second-order valence-electron chi connectivity index (χ2n) is 8.69. The van der Waals surface area contributed by atoms with Crippen LogP contribution in [0.3, 0.4) is 0 Å². The molecule has 2 aromatic rings. The van der Waals surface area contributed by atoms with Gasteiger partial charge < -0.3 is 14.9 Å². The number of aryl methyl sites for hydroxylation is 1. The molecular weight excluding hydrogens is 407 g/mol. The zero-order valence-corrected chi connectivity index (χ0v) is 19.3. The molecule has 2 N–H and O–H groups in total. The zero-order chi connectivity index (χ0) is 23.2. The summed E-state index contributed by atoms with van der Waals surface area (Å²) in [6.07, 6.45) is -0.571. The smallest absolute Gasteiger partial charge is 0.340 e. The molecule has 1 atom stereocenters. The van der Waals surface area contributed by atoms with Gasteiger partial charge in [-0.15, -0.1) is 0 Å². The van der Waals surface area contributed by atoms with Crippen LogP contribution in [0.4, 0.5) is 20.6 Å². The average Bonchev–Trinajstić information content (AvgIpc) is 3.09. The quantitative estimate of drug-likeness (QED) is 0.728. The van der Waals surface area contributed by atoms with Crippen molar-refractivity contribution in [3.05, 3.63) is 58.9 Å². The van der Waals surface area contributed by atoms with Gasteiger partial charge in [0.1, 0.15) is 17.7 Å². The molecule has 0 aromatic heterocycles. The van der Waals surface area contributed by atoms with Crippen molar-refractivity contribution in [2.75, 3.05) is 29.6 Å². The normalized spacial score (nSPS) is 18.8. The van der Waals surface area contributed by atoms with Gasteiger partial charge in [-0.1, -0.05) is 24.3 Å². The third-order valence-corrected chi connectivity index (χ3v) is 6.50. The van der Waals surface area contributed by atoms with Crippen molar-refractivity contribution >= 4 is 28.6 Å². The highest BCUT2D eigenvalue weighted by atomic mass is 19.1. The molecule has 2 aliphatic rings. The van der Waals surface area contributed by atoms with Crippen LogP contribution >= 0.6 is 0 Å². The summed E-state index contributed by atoms with van der Waals surface area (Å²) in [4.78, 5) is 16.6. The lowest BCUT2D eigenvalue weighted by Crippen LogP contribution is -2.41. The fourth-order valence-electron chi connectivity index (χ4n) is 4.66. The number of rotatable bonds is 5. The van der Waals surface area contributed by atoms with E-state index in [4.69, 9.17) is 0 Å². The molecule has 170 valence electrons. The van der Waals surface area contributed by atoms with E-state index in [9.17, 15) is 9.90 Å². The van der Waals surface area contributed by atoms with Crippen molar-refractivity contribution in [1.82, 2.24) is 10.3 Å². The predicted molar refractivity (Wildman–Crippen MR) is 127 cm³/mol. The predicted octanol–water partition coefficient (Wildman–Crippen LogP) is 4.38. The number of aliphatic hydroxyl groups is 1. The van der Waals surface area contributed by atoms with Crippen molar-refractivity contribution in [1.29, 1.82) is 0 Å². The van der Waals surface area contributed by atoms with Crippen LogP contribution in [0.15, 0.2) is 36.4 Å². The Morgan fingerprint density at radius 3 is 2.47 bits per heavy atom. The number of halogens is 1. The molecule has 4 rings (SSSR count). The van der Waals surface area contributed by atoms with E-state index in [1.54, 1.807) is 6.07 Å². The number of amides is 2. The second-order valence-corrected chi connectivity index (χ2v) is 8.69. The van der Waals surface area contributed by atoms with Gasteiger partial charge in [0.2, 0.25) is 0 Å². The van der Waals surface area contributed by atoms with Crippen LogP contribution < -0.4 is 15.3 Å². The number of benzene rings is 2. The van der Waals surface area contributed by atoms with Gasteiger partial charge in [0.25, 0.3) is 0 Å². The van der Waals surface area contributed by atoms with Gasteiger partial charge in [0.15, 0.2) is 0 Å². The Bertz CT molecular complexity index is 1080. The third-order valence-electron chi connectivity index (χ3n) is 6.50. The first kappa shape index (κ1) is 22.3. The first-order chi connectivity index (χ1) is 15.3. The van der Waals surface area contributed by atoms with Crippen LogP contribution in [-0.4, -0.2) is 47.9 Å². The molecule has 2 aromatic carbocycles. The van der Waals surface area contributed by atoms with Crippen molar-refractivity contribution < 1.29 is 14.3 Å². The Morgan fingerprint density at radius 2 is 1.88 bits per heavy atom. The number of nitrogens with zero attached hydrogens (tertiary/aromatic N) is 3. The molecule has 1 fully saturated rings. The van der Waals surface area contributed by atoms with Gasteiger partial charge in [-0.05, 0) is 69.0 Å². The van der Waals surface area contributed by atoms with Gasteiger partial charge in [-0.25, -0.2) is 19.6 Å². The Balaban J connectivity index is 1.84. The number of nitrogens with one attached hydrogen (secondary N) is 1. The Labute approximate surface area is 188 Å². The summed E-state index contributed by atoms with van der Waals surface area (Å²) in [5.74, 6) is -0.478. The molecule has 6 nitrogen and oxygen atoms in total. The topological polar surface area (TPSA) is 59.1 Å². The molecule has 7 heteroatoms. The van der Waals surface area contributed by atoms with E-state index < -0.39 is 12.0 Å². The number of anilines is 2. The van der Waals surface area contributed by atoms with E-state index in [0.717, 1.165) is 16.8 Å². The molecular formula is C25H31FN4O2. The van der Waals surface area contributed by atoms with Crippen LogP contribution in [0, 0.1) is 12.7 Å². The molecule has 1 unspecified atom stereocenters. The minimum Gasteiger partial charge on any atom is -0.393 e. The first-order valence-electron chi connectivity index (χ1n) is 11.1. The molecule has 0 aliphatic carbocycles. The zero-order valence-electron chi connectivity index (χ0n) is 19.3. The van der Waals surface area contributed by atoms with Crippen LogP contribution in [-0.2, 0) is 0 Å².